The first-order chi connectivity index (χ1) is 8.47. The van der Waals surface area contributed by atoms with E-state index >= 15 is 0 Å². The average molecular weight is 256 g/mol. The molecule has 2 aliphatic heterocycles. The van der Waals surface area contributed by atoms with Crippen LogP contribution in [0.1, 0.15) is 24.0 Å². The molecule has 0 radical (unpaired) electrons. The van der Waals surface area contributed by atoms with Gasteiger partial charge in [-0.1, -0.05) is 0 Å². The first-order valence-electron chi connectivity index (χ1n) is 6.19. The number of hydrogen-bond donors (Lipinski definition) is 1. The van der Waals surface area contributed by atoms with Crippen LogP contribution in [0.15, 0.2) is 18.2 Å². The topological polar surface area (TPSA) is 29.3 Å². The molecular weight excluding hydrogens is 241 g/mol. The number of nitrogens with zero attached hydrogens (tertiary/aromatic N) is 1. The normalized spacial score (nSPS) is 27.0. The predicted molar refractivity (Wildman–Crippen MR) is 63.5 cm³/mol. The third-order valence-electron chi connectivity index (χ3n) is 3.98. The van der Waals surface area contributed by atoms with E-state index in [-0.39, 0.29) is 12.1 Å². The molecule has 1 aromatic carbocycles. The van der Waals surface area contributed by atoms with Gasteiger partial charge in [-0.15, -0.1) is 0 Å². The van der Waals surface area contributed by atoms with Crippen molar-refractivity contribution < 1.29 is 13.2 Å². The summed E-state index contributed by atoms with van der Waals surface area (Å²) >= 11 is 0. The molecule has 0 aliphatic carbocycles. The summed E-state index contributed by atoms with van der Waals surface area (Å²) in [6, 6.07) is 4.29. The van der Waals surface area contributed by atoms with E-state index in [9.17, 15) is 13.2 Å². The molecule has 3 rings (SSSR count). The molecule has 18 heavy (non-hydrogen) atoms. The van der Waals surface area contributed by atoms with Crippen LogP contribution in [-0.2, 0) is 12.6 Å². The summed E-state index contributed by atoms with van der Waals surface area (Å²) < 4.78 is 38.0. The molecule has 1 fully saturated rings. The van der Waals surface area contributed by atoms with Gasteiger partial charge in [0.05, 0.1) is 5.56 Å². The lowest BCUT2D eigenvalue weighted by atomic mass is 9.96. The highest BCUT2D eigenvalue weighted by atomic mass is 19.4. The molecule has 2 unspecified atom stereocenters. The quantitative estimate of drug-likeness (QED) is 0.773. The number of piperidine rings is 1. The molecule has 1 aromatic rings. The second-order valence-electron chi connectivity index (χ2n) is 5.11. The Hall–Kier alpha value is -1.23. The summed E-state index contributed by atoms with van der Waals surface area (Å²) in [4.78, 5) is 2.17. The highest BCUT2D eigenvalue weighted by Crippen LogP contribution is 2.39. The third-order valence-corrected chi connectivity index (χ3v) is 3.98. The molecule has 0 bridgehead atoms. The molecule has 0 aromatic heterocycles. The SMILES string of the molecule is NC1CCCN2c3ccc(C(F)(F)F)cc3CC12. The van der Waals surface area contributed by atoms with Crippen LogP contribution in [0.25, 0.3) is 0 Å². The Labute approximate surface area is 104 Å². The Morgan fingerprint density at radius 1 is 1.28 bits per heavy atom. The van der Waals surface area contributed by atoms with Gasteiger partial charge in [0.2, 0.25) is 0 Å². The van der Waals surface area contributed by atoms with Crippen molar-refractivity contribution in [2.24, 2.45) is 5.73 Å². The fourth-order valence-corrected chi connectivity index (χ4v) is 3.08. The monoisotopic (exact) mass is 256 g/mol. The minimum atomic E-state index is -4.26. The van der Waals surface area contributed by atoms with Gasteiger partial charge in [-0.25, -0.2) is 0 Å². The van der Waals surface area contributed by atoms with E-state index in [1.165, 1.54) is 12.1 Å². The van der Waals surface area contributed by atoms with Gasteiger partial charge in [-0.05, 0) is 43.0 Å². The molecule has 2 aliphatic rings. The second kappa shape index (κ2) is 3.88. The summed E-state index contributed by atoms with van der Waals surface area (Å²) in [5.41, 5.74) is 7.22. The second-order valence-corrected chi connectivity index (χ2v) is 5.11. The summed E-state index contributed by atoms with van der Waals surface area (Å²) in [6.45, 7) is 0.900. The summed E-state index contributed by atoms with van der Waals surface area (Å²) in [5.74, 6) is 0. The van der Waals surface area contributed by atoms with E-state index in [0.29, 0.717) is 6.42 Å². The number of hydrogen-bond acceptors (Lipinski definition) is 2. The van der Waals surface area contributed by atoms with E-state index in [4.69, 9.17) is 5.73 Å². The zero-order valence-corrected chi connectivity index (χ0v) is 9.87. The van der Waals surface area contributed by atoms with Crippen LogP contribution in [0.4, 0.5) is 18.9 Å². The van der Waals surface area contributed by atoms with Gasteiger partial charge < -0.3 is 10.6 Å². The standard InChI is InChI=1S/C13H15F3N2/c14-13(15,16)9-3-4-11-8(6-9)7-12-10(17)2-1-5-18(11)12/h3-4,6,10,12H,1-2,5,7,17H2. The first-order valence-corrected chi connectivity index (χ1v) is 6.19. The van der Waals surface area contributed by atoms with Crippen molar-refractivity contribution in [2.75, 3.05) is 11.4 Å². The zero-order chi connectivity index (χ0) is 12.9. The predicted octanol–water partition coefficient (Wildman–Crippen LogP) is 2.56. The molecule has 2 N–H and O–H groups in total. The first kappa shape index (κ1) is 11.8. The van der Waals surface area contributed by atoms with Crippen LogP contribution in [0, 0.1) is 0 Å². The van der Waals surface area contributed by atoms with Crippen LogP contribution in [0.2, 0.25) is 0 Å². The van der Waals surface area contributed by atoms with Gasteiger partial charge in [0.25, 0.3) is 0 Å². The van der Waals surface area contributed by atoms with Crippen molar-refractivity contribution in [3.8, 4) is 0 Å². The van der Waals surface area contributed by atoms with E-state index in [1.807, 2.05) is 0 Å². The molecule has 2 nitrogen and oxygen atoms in total. The molecule has 5 heteroatoms. The number of nitrogens with two attached hydrogens (primary N) is 1. The third kappa shape index (κ3) is 1.77. The fourth-order valence-electron chi connectivity index (χ4n) is 3.08. The van der Waals surface area contributed by atoms with Gasteiger partial charge in [-0.3, -0.25) is 0 Å². The molecule has 0 saturated carbocycles. The minimum Gasteiger partial charge on any atom is -0.366 e. The fraction of sp³-hybridized carbons (Fsp3) is 0.538. The Morgan fingerprint density at radius 2 is 2.06 bits per heavy atom. The number of benzene rings is 1. The van der Waals surface area contributed by atoms with Gasteiger partial charge in [-0.2, -0.15) is 13.2 Å². The van der Waals surface area contributed by atoms with Crippen molar-refractivity contribution in [2.45, 2.75) is 37.5 Å². The lowest BCUT2D eigenvalue weighted by Crippen LogP contribution is -2.50. The number of rotatable bonds is 0. The molecule has 98 valence electrons. The number of anilines is 1. The molecule has 2 heterocycles. The van der Waals surface area contributed by atoms with Crippen LogP contribution < -0.4 is 10.6 Å². The summed E-state index contributed by atoms with van der Waals surface area (Å²) in [7, 11) is 0. The van der Waals surface area contributed by atoms with E-state index in [2.05, 4.69) is 4.90 Å². The Balaban J connectivity index is 1.97. The van der Waals surface area contributed by atoms with Crippen molar-refractivity contribution >= 4 is 5.69 Å². The smallest absolute Gasteiger partial charge is 0.366 e. The highest BCUT2D eigenvalue weighted by Gasteiger charge is 2.38. The minimum absolute atomic E-state index is 0.0699. The maximum atomic E-state index is 12.7. The maximum absolute atomic E-state index is 12.7. The molecule has 1 saturated heterocycles. The van der Waals surface area contributed by atoms with Crippen molar-refractivity contribution in [3.63, 3.8) is 0 Å². The average Bonchev–Trinajstić information content (AvgIpc) is 2.67. The lowest BCUT2D eigenvalue weighted by molar-refractivity contribution is -0.137. The van der Waals surface area contributed by atoms with Gasteiger partial charge >= 0.3 is 6.18 Å². The van der Waals surface area contributed by atoms with Crippen LogP contribution >= 0.6 is 0 Å². The van der Waals surface area contributed by atoms with Gasteiger partial charge in [0.15, 0.2) is 0 Å². The van der Waals surface area contributed by atoms with Crippen molar-refractivity contribution in [1.29, 1.82) is 0 Å². The summed E-state index contributed by atoms with van der Waals surface area (Å²) in [5, 5.41) is 0. The number of alkyl halides is 3. The Bertz CT molecular complexity index is 470. The maximum Gasteiger partial charge on any atom is 0.416 e. The molecule has 2 atom stereocenters. The number of fused-ring (bicyclic) bond motifs is 3. The van der Waals surface area contributed by atoms with E-state index < -0.39 is 11.7 Å². The van der Waals surface area contributed by atoms with Gasteiger partial charge in [0, 0.05) is 24.3 Å². The Morgan fingerprint density at radius 3 is 2.78 bits per heavy atom. The number of halogens is 3. The molecular formula is C13H15F3N2. The molecule has 0 spiro atoms. The van der Waals surface area contributed by atoms with Gasteiger partial charge in [0.1, 0.15) is 0 Å². The Kier molecular flexibility index (Phi) is 2.55. The van der Waals surface area contributed by atoms with Crippen molar-refractivity contribution in [1.82, 2.24) is 0 Å². The largest absolute Gasteiger partial charge is 0.416 e. The van der Waals surface area contributed by atoms with Crippen LogP contribution in [-0.4, -0.2) is 18.6 Å². The van der Waals surface area contributed by atoms with E-state index in [0.717, 1.165) is 30.6 Å². The summed E-state index contributed by atoms with van der Waals surface area (Å²) in [6.07, 6.45) is -1.65. The molecule has 0 amide bonds. The van der Waals surface area contributed by atoms with Crippen LogP contribution in [0.5, 0.6) is 0 Å². The van der Waals surface area contributed by atoms with E-state index in [1.54, 1.807) is 6.07 Å². The van der Waals surface area contributed by atoms with Crippen molar-refractivity contribution in [3.05, 3.63) is 29.3 Å². The lowest BCUT2D eigenvalue weighted by Gasteiger charge is -2.36. The van der Waals surface area contributed by atoms with Crippen LogP contribution in [0.3, 0.4) is 0 Å². The zero-order valence-electron chi connectivity index (χ0n) is 9.87. The highest BCUT2D eigenvalue weighted by molar-refractivity contribution is 5.61.